The molecule has 0 amide bonds. The summed E-state index contributed by atoms with van der Waals surface area (Å²) in [5.41, 5.74) is 8.84. The van der Waals surface area contributed by atoms with Crippen molar-refractivity contribution in [2.75, 3.05) is 22.9 Å². The van der Waals surface area contributed by atoms with Crippen LogP contribution in [-0.4, -0.2) is 16.5 Å². The minimum atomic E-state index is 0.543. The van der Waals surface area contributed by atoms with Crippen LogP contribution in [0.4, 0.5) is 23.0 Å². The number of nitrogen functional groups attached to an aromatic ring is 1. The Balaban J connectivity index is 2.08. The zero-order valence-electron chi connectivity index (χ0n) is 12.9. The summed E-state index contributed by atoms with van der Waals surface area (Å²) in [6.45, 7) is 7.28. The molecule has 1 heterocycles. The Morgan fingerprint density at radius 1 is 1.10 bits per heavy atom. The van der Waals surface area contributed by atoms with Crippen molar-refractivity contribution >= 4 is 23.0 Å². The molecule has 4 N–H and O–H groups in total. The summed E-state index contributed by atoms with van der Waals surface area (Å²) in [7, 11) is 0. The van der Waals surface area contributed by atoms with E-state index in [0.29, 0.717) is 23.2 Å². The van der Waals surface area contributed by atoms with E-state index in [0.717, 1.165) is 18.7 Å². The average molecular weight is 285 g/mol. The summed E-state index contributed by atoms with van der Waals surface area (Å²) >= 11 is 0. The van der Waals surface area contributed by atoms with E-state index in [-0.39, 0.29) is 0 Å². The molecular weight excluding hydrogens is 262 g/mol. The highest BCUT2D eigenvalue weighted by molar-refractivity contribution is 5.77. The van der Waals surface area contributed by atoms with Crippen LogP contribution in [0.3, 0.4) is 0 Å². The molecule has 5 heteroatoms. The largest absolute Gasteiger partial charge is 0.393 e. The van der Waals surface area contributed by atoms with Gasteiger partial charge in [0.05, 0.1) is 0 Å². The molecule has 0 aliphatic heterocycles. The van der Waals surface area contributed by atoms with Crippen molar-refractivity contribution in [3.63, 3.8) is 0 Å². The van der Waals surface area contributed by atoms with Gasteiger partial charge in [-0.25, -0.2) is 9.97 Å². The molecule has 2 rings (SSSR count). The second-order valence-corrected chi connectivity index (χ2v) is 5.58. The van der Waals surface area contributed by atoms with Crippen LogP contribution in [0.25, 0.3) is 0 Å². The fourth-order valence-electron chi connectivity index (χ4n) is 1.89. The molecule has 0 atom stereocenters. The highest BCUT2D eigenvalue weighted by atomic mass is 15.1. The molecule has 21 heavy (non-hydrogen) atoms. The monoisotopic (exact) mass is 285 g/mol. The van der Waals surface area contributed by atoms with Gasteiger partial charge in [-0.15, -0.1) is 0 Å². The summed E-state index contributed by atoms with van der Waals surface area (Å²) in [6.07, 6.45) is 2.59. The van der Waals surface area contributed by atoms with Gasteiger partial charge < -0.3 is 16.4 Å². The van der Waals surface area contributed by atoms with E-state index in [1.807, 2.05) is 24.3 Å². The third-order valence-electron chi connectivity index (χ3n) is 3.21. The summed E-state index contributed by atoms with van der Waals surface area (Å²) in [6, 6.07) is 8.09. The van der Waals surface area contributed by atoms with E-state index in [4.69, 9.17) is 5.73 Å². The van der Waals surface area contributed by atoms with Crippen LogP contribution in [0.1, 0.15) is 25.8 Å². The van der Waals surface area contributed by atoms with Crippen molar-refractivity contribution < 1.29 is 0 Å². The first-order valence-corrected chi connectivity index (χ1v) is 7.24. The first-order valence-electron chi connectivity index (χ1n) is 7.24. The van der Waals surface area contributed by atoms with Crippen LogP contribution in [0.5, 0.6) is 0 Å². The molecule has 0 saturated carbocycles. The summed E-state index contributed by atoms with van der Waals surface area (Å²) in [5, 5.41) is 6.49. The maximum atomic E-state index is 6.13. The van der Waals surface area contributed by atoms with E-state index in [2.05, 4.69) is 41.4 Å². The smallest absolute Gasteiger partial charge is 0.159 e. The Bertz CT molecular complexity index is 578. The number of hydrogen-bond acceptors (Lipinski definition) is 5. The minimum absolute atomic E-state index is 0.543. The lowest BCUT2D eigenvalue weighted by molar-refractivity contribution is 0.606. The molecule has 1 aromatic heterocycles. The lowest BCUT2D eigenvalue weighted by Gasteiger charge is -2.13. The van der Waals surface area contributed by atoms with Gasteiger partial charge in [-0.1, -0.05) is 31.5 Å². The summed E-state index contributed by atoms with van der Waals surface area (Å²) in [5.74, 6) is 1.95. The SMILES string of the molecule is Cc1ccc(Nc2ncnc(NCCC(C)C)c2N)cc1. The highest BCUT2D eigenvalue weighted by Gasteiger charge is 2.08. The van der Waals surface area contributed by atoms with Gasteiger partial charge in [0, 0.05) is 12.2 Å². The van der Waals surface area contributed by atoms with Crippen LogP contribution in [-0.2, 0) is 0 Å². The normalized spacial score (nSPS) is 10.7. The molecule has 0 saturated heterocycles. The van der Waals surface area contributed by atoms with Crippen LogP contribution in [0, 0.1) is 12.8 Å². The fraction of sp³-hybridized carbons (Fsp3) is 0.375. The number of nitrogens with one attached hydrogen (secondary N) is 2. The number of nitrogens with two attached hydrogens (primary N) is 1. The van der Waals surface area contributed by atoms with Crippen LogP contribution in [0.2, 0.25) is 0 Å². The number of nitrogens with zero attached hydrogens (tertiary/aromatic N) is 2. The second kappa shape index (κ2) is 6.92. The number of benzene rings is 1. The number of aryl methyl sites for hydroxylation is 1. The molecule has 0 aliphatic rings. The topological polar surface area (TPSA) is 75.9 Å². The maximum absolute atomic E-state index is 6.13. The first kappa shape index (κ1) is 15.1. The van der Waals surface area contributed by atoms with Gasteiger partial charge in [0.2, 0.25) is 0 Å². The molecule has 5 nitrogen and oxygen atoms in total. The van der Waals surface area contributed by atoms with Gasteiger partial charge in [0.15, 0.2) is 11.6 Å². The zero-order chi connectivity index (χ0) is 15.2. The van der Waals surface area contributed by atoms with Crippen molar-refractivity contribution in [1.29, 1.82) is 0 Å². The highest BCUT2D eigenvalue weighted by Crippen LogP contribution is 2.25. The van der Waals surface area contributed by atoms with Crippen molar-refractivity contribution in [2.45, 2.75) is 27.2 Å². The van der Waals surface area contributed by atoms with E-state index in [1.165, 1.54) is 11.9 Å². The zero-order valence-corrected chi connectivity index (χ0v) is 12.9. The molecule has 112 valence electrons. The number of anilines is 4. The van der Waals surface area contributed by atoms with Crippen LogP contribution in [0.15, 0.2) is 30.6 Å². The number of aromatic nitrogens is 2. The molecule has 0 spiro atoms. The van der Waals surface area contributed by atoms with Crippen molar-refractivity contribution in [3.05, 3.63) is 36.2 Å². The minimum Gasteiger partial charge on any atom is -0.393 e. The van der Waals surface area contributed by atoms with E-state index in [1.54, 1.807) is 0 Å². The molecule has 0 bridgehead atoms. The lowest BCUT2D eigenvalue weighted by Crippen LogP contribution is -2.10. The van der Waals surface area contributed by atoms with Crippen molar-refractivity contribution in [2.24, 2.45) is 5.92 Å². The Morgan fingerprint density at radius 3 is 2.43 bits per heavy atom. The van der Waals surface area contributed by atoms with E-state index < -0.39 is 0 Å². The van der Waals surface area contributed by atoms with Gasteiger partial charge in [-0.3, -0.25) is 0 Å². The van der Waals surface area contributed by atoms with Gasteiger partial charge in [-0.05, 0) is 31.4 Å². The van der Waals surface area contributed by atoms with Gasteiger partial charge >= 0.3 is 0 Å². The maximum Gasteiger partial charge on any atom is 0.159 e. The number of hydrogen-bond donors (Lipinski definition) is 3. The molecule has 0 unspecified atom stereocenters. The number of rotatable bonds is 6. The fourth-order valence-corrected chi connectivity index (χ4v) is 1.89. The third kappa shape index (κ3) is 4.34. The molecule has 0 radical (unpaired) electrons. The predicted octanol–water partition coefficient (Wildman–Crippen LogP) is 3.57. The van der Waals surface area contributed by atoms with E-state index in [9.17, 15) is 0 Å². The summed E-state index contributed by atoms with van der Waals surface area (Å²) in [4.78, 5) is 8.42. The third-order valence-corrected chi connectivity index (χ3v) is 3.21. The molecule has 2 aromatic rings. The second-order valence-electron chi connectivity index (χ2n) is 5.58. The molecule has 0 aliphatic carbocycles. The van der Waals surface area contributed by atoms with Crippen molar-refractivity contribution in [1.82, 2.24) is 9.97 Å². The Labute approximate surface area is 126 Å². The Hall–Kier alpha value is -2.30. The van der Waals surface area contributed by atoms with Gasteiger partial charge in [0.25, 0.3) is 0 Å². The van der Waals surface area contributed by atoms with Crippen LogP contribution >= 0.6 is 0 Å². The Morgan fingerprint density at radius 2 is 1.76 bits per heavy atom. The molecule has 0 fully saturated rings. The molecular formula is C16H23N5. The standard InChI is InChI=1S/C16H23N5/c1-11(2)8-9-18-15-14(17)16(20-10-19-15)21-13-6-4-12(3)5-7-13/h4-7,10-11H,8-9,17H2,1-3H3,(H2,18,19,20,21). The summed E-state index contributed by atoms with van der Waals surface area (Å²) < 4.78 is 0. The average Bonchev–Trinajstić information content (AvgIpc) is 2.45. The van der Waals surface area contributed by atoms with Crippen LogP contribution < -0.4 is 16.4 Å². The quantitative estimate of drug-likeness (QED) is 0.756. The van der Waals surface area contributed by atoms with Gasteiger partial charge in [-0.2, -0.15) is 0 Å². The lowest BCUT2D eigenvalue weighted by atomic mass is 10.1. The van der Waals surface area contributed by atoms with Crippen molar-refractivity contribution in [3.8, 4) is 0 Å². The van der Waals surface area contributed by atoms with E-state index >= 15 is 0 Å². The molecule has 1 aromatic carbocycles. The first-order chi connectivity index (χ1) is 10.1. The van der Waals surface area contributed by atoms with Gasteiger partial charge in [0.1, 0.15) is 12.0 Å². The predicted molar refractivity (Wildman–Crippen MR) is 88.9 cm³/mol. The Kier molecular flexibility index (Phi) is 4.98.